The number of hydrogen-bond donors (Lipinski definition) is 2. The quantitative estimate of drug-likeness (QED) is 0.255. The van der Waals surface area contributed by atoms with Crippen LogP contribution in [0.2, 0.25) is 0 Å². The SMILES string of the molecule is COc1cnccc1[C@H](O)C(=O)N[C@@H](CCC(=O)C=[N+]=[N-])C(=O)OC(C)C. The molecular formula is C17H22N4O6. The predicted molar refractivity (Wildman–Crippen MR) is 92.8 cm³/mol. The van der Waals surface area contributed by atoms with Crippen molar-refractivity contribution in [1.82, 2.24) is 10.3 Å². The van der Waals surface area contributed by atoms with Crippen LogP contribution in [0.1, 0.15) is 38.4 Å². The number of aliphatic hydroxyl groups is 1. The van der Waals surface area contributed by atoms with E-state index in [1.54, 1.807) is 13.8 Å². The molecule has 1 heterocycles. The minimum absolute atomic E-state index is 0.0949. The summed E-state index contributed by atoms with van der Waals surface area (Å²) >= 11 is 0. The van der Waals surface area contributed by atoms with Crippen LogP contribution < -0.4 is 10.1 Å². The van der Waals surface area contributed by atoms with Crippen LogP contribution in [0, 0.1) is 0 Å². The Morgan fingerprint density at radius 2 is 2.11 bits per heavy atom. The summed E-state index contributed by atoms with van der Waals surface area (Å²) in [5, 5.41) is 12.7. The Labute approximate surface area is 156 Å². The third-order valence-electron chi connectivity index (χ3n) is 3.41. The molecular weight excluding hydrogens is 356 g/mol. The van der Waals surface area contributed by atoms with E-state index in [1.807, 2.05) is 0 Å². The van der Waals surface area contributed by atoms with Crippen LogP contribution in [0.25, 0.3) is 5.53 Å². The lowest BCUT2D eigenvalue weighted by atomic mass is 10.1. The van der Waals surface area contributed by atoms with Gasteiger partial charge in [0.25, 0.3) is 5.91 Å². The molecule has 0 bridgehead atoms. The summed E-state index contributed by atoms with van der Waals surface area (Å²) < 4.78 is 10.1. The van der Waals surface area contributed by atoms with E-state index in [1.165, 1.54) is 25.6 Å². The molecule has 1 aromatic rings. The molecule has 27 heavy (non-hydrogen) atoms. The number of carbonyl (C=O) groups excluding carboxylic acids is 3. The first-order chi connectivity index (χ1) is 12.8. The molecule has 0 aliphatic heterocycles. The zero-order valence-electron chi connectivity index (χ0n) is 15.3. The summed E-state index contributed by atoms with van der Waals surface area (Å²) in [6, 6.07) is 0.240. The molecule has 0 saturated heterocycles. The second-order valence-electron chi connectivity index (χ2n) is 5.82. The second kappa shape index (κ2) is 10.8. The average molecular weight is 378 g/mol. The molecule has 0 saturated carbocycles. The van der Waals surface area contributed by atoms with Gasteiger partial charge in [-0.1, -0.05) is 0 Å². The van der Waals surface area contributed by atoms with E-state index in [2.05, 4.69) is 15.1 Å². The Kier molecular flexibility index (Phi) is 8.77. The number of methoxy groups -OCH3 is 1. The van der Waals surface area contributed by atoms with Gasteiger partial charge >= 0.3 is 12.2 Å². The van der Waals surface area contributed by atoms with Gasteiger partial charge < -0.3 is 25.4 Å². The smallest absolute Gasteiger partial charge is 0.328 e. The van der Waals surface area contributed by atoms with E-state index in [0.29, 0.717) is 6.21 Å². The van der Waals surface area contributed by atoms with E-state index in [4.69, 9.17) is 15.0 Å². The number of nitrogens with zero attached hydrogens (tertiary/aromatic N) is 3. The molecule has 1 rings (SSSR count). The third-order valence-corrected chi connectivity index (χ3v) is 3.41. The van der Waals surface area contributed by atoms with Gasteiger partial charge in [-0.05, 0) is 26.3 Å². The van der Waals surface area contributed by atoms with Crippen molar-refractivity contribution < 1.29 is 33.8 Å². The van der Waals surface area contributed by atoms with Crippen LogP contribution in [-0.2, 0) is 19.1 Å². The van der Waals surface area contributed by atoms with Gasteiger partial charge in [0.2, 0.25) is 5.78 Å². The molecule has 1 aromatic heterocycles. The van der Waals surface area contributed by atoms with E-state index >= 15 is 0 Å². The Morgan fingerprint density at radius 1 is 1.41 bits per heavy atom. The molecule has 10 heteroatoms. The van der Waals surface area contributed by atoms with Crippen molar-refractivity contribution in [1.29, 1.82) is 0 Å². The number of esters is 1. The van der Waals surface area contributed by atoms with E-state index in [0.717, 1.165) is 0 Å². The number of rotatable bonds is 10. The number of nitrogens with one attached hydrogen (secondary N) is 1. The molecule has 146 valence electrons. The summed E-state index contributed by atoms with van der Waals surface area (Å²) in [4.78, 5) is 42.5. The second-order valence-corrected chi connectivity index (χ2v) is 5.82. The summed E-state index contributed by atoms with van der Waals surface area (Å²) in [6.45, 7) is 3.27. The highest BCUT2D eigenvalue weighted by atomic mass is 16.5. The molecule has 0 aromatic carbocycles. The number of carbonyl (C=O) groups is 3. The van der Waals surface area contributed by atoms with Crippen molar-refractivity contribution in [2.45, 2.75) is 44.9 Å². The van der Waals surface area contributed by atoms with Crippen molar-refractivity contribution in [3.63, 3.8) is 0 Å². The summed E-state index contributed by atoms with van der Waals surface area (Å²) in [7, 11) is 1.36. The van der Waals surface area contributed by atoms with E-state index < -0.39 is 35.9 Å². The van der Waals surface area contributed by atoms with Crippen LogP contribution in [0.4, 0.5) is 0 Å². The van der Waals surface area contributed by atoms with Crippen LogP contribution in [0.5, 0.6) is 5.75 Å². The molecule has 2 N–H and O–H groups in total. The first-order valence-electron chi connectivity index (χ1n) is 8.17. The molecule has 0 unspecified atom stereocenters. The Balaban J connectivity index is 2.91. The average Bonchev–Trinajstić information content (AvgIpc) is 2.63. The number of ketones is 1. The summed E-state index contributed by atoms with van der Waals surface area (Å²) in [5.41, 5.74) is 8.53. The van der Waals surface area contributed by atoms with Crippen molar-refractivity contribution in [3.05, 3.63) is 29.6 Å². The van der Waals surface area contributed by atoms with Gasteiger partial charge in [-0.2, -0.15) is 4.79 Å². The maximum absolute atomic E-state index is 12.4. The lowest BCUT2D eigenvalue weighted by Gasteiger charge is -2.21. The fraction of sp³-hybridized carbons (Fsp3) is 0.471. The first-order valence-corrected chi connectivity index (χ1v) is 8.17. The normalized spacial score (nSPS) is 12.5. The van der Waals surface area contributed by atoms with Crippen LogP contribution in [0.15, 0.2) is 18.5 Å². The first kappa shape index (κ1) is 21.9. The van der Waals surface area contributed by atoms with Gasteiger partial charge in [-0.25, -0.2) is 4.79 Å². The predicted octanol–water partition coefficient (Wildman–Crippen LogP) is 0.210. The van der Waals surface area contributed by atoms with Crippen molar-refractivity contribution in [2.24, 2.45) is 0 Å². The van der Waals surface area contributed by atoms with Gasteiger partial charge in [0.1, 0.15) is 11.8 Å². The number of aliphatic hydroxyl groups excluding tert-OH is 1. The zero-order chi connectivity index (χ0) is 20.4. The maximum atomic E-state index is 12.4. The van der Waals surface area contributed by atoms with E-state index in [-0.39, 0.29) is 24.2 Å². The largest absolute Gasteiger partial charge is 0.495 e. The number of aromatic nitrogens is 1. The topological polar surface area (TPSA) is 151 Å². The minimum atomic E-state index is -1.62. The lowest BCUT2D eigenvalue weighted by Crippen LogP contribution is -2.44. The number of hydrogen-bond acceptors (Lipinski definition) is 7. The van der Waals surface area contributed by atoms with Crippen molar-refractivity contribution in [2.75, 3.05) is 7.11 Å². The Morgan fingerprint density at radius 3 is 2.70 bits per heavy atom. The lowest BCUT2D eigenvalue weighted by molar-refractivity contribution is -0.152. The van der Waals surface area contributed by atoms with Gasteiger partial charge in [0, 0.05) is 18.2 Å². The van der Waals surface area contributed by atoms with Gasteiger partial charge in [-0.15, -0.1) is 0 Å². The standard InChI is InChI=1S/C17H22N4O6/c1-10(2)27-17(25)13(5-4-11(22)8-20-18)21-16(24)15(23)12-6-7-19-9-14(12)26-3/h6-10,13,15,23H,4-5H2,1-3H3,(H,21,24)/t13-,15-/m0/s1. The molecule has 1 amide bonds. The zero-order valence-corrected chi connectivity index (χ0v) is 15.3. The Hall–Kier alpha value is -3.10. The fourth-order valence-corrected chi connectivity index (χ4v) is 2.16. The monoisotopic (exact) mass is 378 g/mol. The fourth-order valence-electron chi connectivity index (χ4n) is 2.16. The molecule has 10 nitrogen and oxygen atoms in total. The number of Topliss-reactive ketones (excluding diaryl/α,β-unsaturated/α-hetero) is 1. The van der Waals surface area contributed by atoms with Gasteiger partial charge in [0.15, 0.2) is 6.10 Å². The maximum Gasteiger partial charge on any atom is 0.328 e. The number of ether oxygens (including phenoxy) is 2. The molecule has 0 spiro atoms. The molecule has 0 aliphatic carbocycles. The highest BCUT2D eigenvalue weighted by Gasteiger charge is 2.29. The van der Waals surface area contributed by atoms with Crippen molar-refractivity contribution in [3.8, 4) is 5.75 Å². The van der Waals surface area contributed by atoms with Crippen LogP contribution >= 0.6 is 0 Å². The van der Waals surface area contributed by atoms with Crippen LogP contribution in [0.3, 0.4) is 0 Å². The Bertz CT molecular complexity index is 730. The van der Waals surface area contributed by atoms with Gasteiger partial charge in [0.05, 0.1) is 19.4 Å². The highest BCUT2D eigenvalue weighted by Crippen LogP contribution is 2.24. The number of pyridine rings is 1. The summed E-state index contributed by atoms with van der Waals surface area (Å²) in [6.07, 6.45) is 1.10. The number of amides is 1. The molecule has 0 radical (unpaired) electrons. The van der Waals surface area contributed by atoms with Crippen LogP contribution in [-0.4, -0.2) is 58.0 Å². The highest BCUT2D eigenvalue weighted by molar-refractivity contribution is 6.25. The van der Waals surface area contributed by atoms with Crippen molar-refractivity contribution >= 4 is 23.9 Å². The summed E-state index contributed by atoms with van der Waals surface area (Å²) in [5.74, 6) is -1.95. The van der Waals surface area contributed by atoms with Gasteiger partial charge in [-0.3, -0.25) is 14.6 Å². The minimum Gasteiger partial charge on any atom is -0.495 e. The van der Waals surface area contributed by atoms with E-state index in [9.17, 15) is 19.5 Å². The third kappa shape index (κ3) is 6.96. The molecule has 0 aliphatic rings. The molecule has 0 fully saturated rings. The molecule has 2 atom stereocenters.